The number of ether oxygens (including phenoxy) is 1. The summed E-state index contributed by atoms with van der Waals surface area (Å²) in [5.74, 6) is 0. The Hall–Kier alpha value is -0.870. The van der Waals surface area contributed by atoms with Crippen LogP contribution in [0.5, 0.6) is 0 Å². The van der Waals surface area contributed by atoms with Crippen LogP contribution >= 0.6 is 0 Å². The van der Waals surface area contributed by atoms with Crippen LogP contribution in [-0.4, -0.2) is 23.4 Å². The third-order valence-corrected chi connectivity index (χ3v) is 2.02. The van der Waals surface area contributed by atoms with Gasteiger partial charge in [-0.15, -0.1) is 0 Å². The van der Waals surface area contributed by atoms with E-state index in [1.165, 1.54) is 0 Å². The minimum Gasteiger partial charge on any atom is -0.375 e. The predicted octanol–water partition coefficient (Wildman–Crippen LogP) is 1.11. The molecule has 1 heterocycles. The monoisotopic (exact) mass is 183 g/mol. The summed E-state index contributed by atoms with van der Waals surface area (Å²) in [6.07, 6.45) is 3.75. The van der Waals surface area contributed by atoms with Crippen molar-refractivity contribution in [2.45, 2.75) is 26.0 Å². The molecule has 13 heavy (non-hydrogen) atoms. The van der Waals surface area contributed by atoms with E-state index < -0.39 is 0 Å². The maximum atomic E-state index is 5.54. The largest absolute Gasteiger partial charge is 0.375 e. The Bertz CT molecular complexity index is 253. The number of hydrogen-bond acceptors (Lipinski definition) is 3. The Kier molecular flexibility index (Phi) is 3.45. The fraction of sp³-hybridized carbons (Fsp3) is 0.667. The molecule has 0 saturated carbocycles. The molecular formula is C9H17N3O. The van der Waals surface area contributed by atoms with E-state index in [1.54, 1.807) is 13.3 Å². The average Bonchev–Trinajstić information content (AvgIpc) is 2.56. The molecule has 0 bridgehead atoms. The molecule has 0 aliphatic heterocycles. The lowest BCUT2D eigenvalue weighted by Crippen LogP contribution is -2.13. The summed E-state index contributed by atoms with van der Waals surface area (Å²) in [7, 11) is 1.66. The summed E-state index contributed by atoms with van der Waals surface area (Å²) in [5, 5.41) is 4.21. The summed E-state index contributed by atoms with van der Waals surface area (Å²) in [6.45, 7) is 4.66. The molecule has 0 saturated heterocycles. The van der Waals surface area contributed by atoms with Gasteiger partial charge in [0.05, 0.1) is 12.3 Å². The Morgan fingerprint density at radius 2 is 2.31 bits per heavy atom. The number of methoxy groups -OCH3 is 1. The van der Waals surface area contributed by atoms with Crippen LogP contribution in [0.25, 0.3) is 0 Å². The number of aromatic nitrogens is 2. The minimum atomic E-state index is -0.0347. The molecule has 1 atom stereocenters. The Balaban J connectivity index is 2.78. The van der Waals surface area contributed by atoms with Crippen molar-refractivity contribution in [1.29, 1.82) is 0 Å². The molecular weight excluding hydrogens is 166 g/mol. The van der Waals surface area contributed by atoms with Gasteiger partial charge in [-0.1, -0.05) is 0 Å². The summed E-state index contributed by atoms with van der Waals surface area (Å²) in [6, 6.07) is 0.379. The van der Waals surface area contributed by atoms with Gasteiger partial charge in [0.25, 0.3) is 0 Å². The molecule has 0 radical (unpaired) electrons. The van der Waals surface area contributed by atoms with Gasteiger partial charge in [0.15, 0.2) is 0 Å². The van der Waals surface area contributed by atoms with Crippen molar-refractivity contribution in [3.63, 3.8) is 0 Å². The molecule has 4 heteroatoms. The molecule has 0 aliphatic rings. The summed E-state index contributed by atoms with van der Waals surface area (Å²) >= 11 is 0. The van der Waals surface area contributed by atoms with Crippen LogP contribution in [0.15, 0.2) is 12.4 Å². The summed E-state index contributed by atoms with van der Waals surface area (Å²) < 4.78 is 7.10. The fourth-order valence-electron chi connectivity index (χ4n) is 1.17. The normalized spacial score (nSPS) is 13.6. The van der Waals surface area contributed by atoms with Crippen LogP contribution in [0.4, 0.5) is 0 Å². The second-order valence-electron chi connectivity index (χ2n) is 3.31. The quantitative estimate of drug-likeness (QED) is 0.760. The van der Waals surface area contributed by atoms with E-state index >= 15 is 0 Å². The van der Waals surface area contributed by atoms with Crippen molar-refractivity contribution < 1.29 is 4.74 Å². The van der Waals surface area contributed by atoms with Crippen molar-refractivity contribution in [2.24, 2.45) is 5.73 Å². The van der Waals surface area contributed by atoms with E-state index in [0.29, 0.717) is 12.6 Å². The molecule has 4 nitrogen and oxygen atoms in total. The zero-order chi connectivity index (χ0) is 9.84. The molecule has 0 amide bonds. The van der Waals surface area contributed by atoms with Crippen LogP contribution in [0.2, 0.25) is 0 Å². The van der Waals surface area contributed by atoms with E-state index in [-0.39, 0.29) is 6.10 Å². The fourth-order valence-corrected chi connectivity index (χ4v) is 1.17. The van der Waals surface area contributed by atoms with Crippen LogP contribution in [0.3, 0.4) is 0 Å². The number of nitrogens with zero attached hydrogens (tertiary/aromatic N) is 2. The highest BCUT2D eigenvalue weighted by Gasteiger charge is 2.11. The van der Waals surface area contributed by atoms with Gasteiger partial charge in [-0.25, -0.2) is 0 Å². The second-order valence-corrected chi connectivity index (χ2v) is 3.31. The first-order valence-corrected chi connectivity index (χ1v) is 4.46. The summed E-state index contributed by atoms with van der Waals surface area (Å²) in [4.78, 5) is 0. The van der Waals surface area contributed by atoms with Crippen molar-refractivity contribution in [3.05, 3.63) is 18.0 Å². The van der Waals surface area contributed by atoms with Gasteiger partial charge in [-0.2, -0.15) is 5.10 Å². The molecule has 1 rings (SSSR count). The topological polar surface area (TPSA) is 53.1 Å². The molecule has 2 N–H and O–H groups in total. The Labute approximate surface area is 78.7 Å². The first-order valence-electron chi connectivity index (χ1n) is 4.46. The average molecular weight is 183 g/mol. The zero-order valence-corrected chi connectivity index (χ0v) is 8.40. The maximum Gasteiger partial charge on any atom is 0.0973 e. The van der Waals surface area contributed by atoms with E-state index in [4.69, 9.17) is 10.5 Å². The number of nitrogens with two attached hydrogens (primary N) is 1. The van der Waals surface area contributed by atoms with Crippen LogP contribution in [-0.2, 0) is 4.74 Å². The number of hydrogen-bond donors (Lipinski definition) is 1. The molecule has 74 valence electrons. The molecule has 0 spiro atoms. The van der Waals surface area contributed by atoms with Crippen LogP contribution in [0.1, 0.15) is 31.6 Å². The zero-order valence-electron chi connectivity index (χ0n) is 8.40. The molecule has 0 fully saturated rings. The van der Waals surface area contributed by atoms with Gasteiger partial charge >= 0.3 is 0 Å². The second kappa shape index (κ2) is 4.39. The molecule has 1 aromatic heterocycles. The first kappa shape index (κ1) is 10.2. The van der Waals surface area contributed by atoms with Gasteiger partial charge in [0.1, 0.15) is 0 Å². The van der Waals surface area contributed by atoms with Crippen LogP contribution < -0.4 is 5.73 Å². The highest BCUT2D eigenvalue weighted by molar-refractivity contribution is 5.09. The lowest BCUT2D eigenvalue weighted by Gasteiger charge is -2.09. The lowest BCUT2D eigenvalue weighted by atomic mass is 10.2. The number of rotatable bonds is 4. The van der Waals surface area contributed by atoms with Crippen molar-refractivity contribution >= 4 is 0 Å². The van der Waals surface area contributed by atoms with Crippen molar-refractivity contribution in [3.8, 4) is 0 Å². The van der Waals surface area contributed by atoms with E-state index in [9.17, 15) is 0 Å². The van der Waals surface area contributed by atoms with E-state index in [0.717, 1.165) is 5.56 Å². The van der Waals surface area contributed by atoms with Gasteiger partial charge in [0.2, 0.25) is 0 Å². The highest BCUT2D eigenvalue weighted by Crippen LogP contribution is 2.15. The highest BCUT2D eigenvalue weighted by atomic mass is 16.5. The van der Waals surface area contributed by atoms with Gasteiger partial charge in [-0.3, -0.25) is 4.68 Å². The van der Waals surface area contributed by atoms with Gasteiger partial charge in [-0.05, 0) is 13.8 Å². The molecule has 0 aliphatic carbocycles. The van der Waals surface area contributed by atoms with Gasteiger partial charge in [0, 0.05) is 31.5 Å². The van der Waals surface area contributed by atoms with E-state index in [2.05, 4.69) is 18.9 Å². The smallest absolute Gasteiger partial charge is 0.0973 e. The first-order chi connectivity index (χ1) is 6.19. The van der Waals surface area contributed by atoms with E-state index in [1.807, 2.05) is 10.9 Å². The van der Waals surface area contributed by atoms with Crippen molar-refractivity contribution in [1.82, 2.24) is 9.78 Å². The Morgan fingerprint density at radius 1 is 1.62 bits per heavy atom. The molecule has 1 aromatic rings. The lowest BCUT2D eigenvalue weighted by molar-refractivity contribution is 0.110. The molecule has 0 aromatic carbocycles. The van der Waals surface area contributed by atoms with Gasteiger partial charge < -0.3 is 10.5 Å². The summed E-state index contributed by atoms with van der Waals surface area (Å²) in [5.41, 5.74) is 6.58. The molecule has 1 unspecified atom stereocenters. The van der Waals surface area contributed by atoms with Crippen LogP contribution in [0, 0.1) is 0 Å². The standard InChI is InChI=1S/C9H17N3O/c1-7(2)12-6-8(5-11-12)9(4-10)13-3/h5-7,9H,4,10H2,1-3H3. The third-order valence-electron chi connectivity index (χ3n) is 2.02. The Morgan fingerprint density at radius 3 is 2.69 bits per heavy atom. The minimum absolute atomic E-state index is 0.0347. The maximum absolute atomic E-state index is 5.54. The third kappa shape index (κ3) is 2.29. The predicted molar refractivity (Wildman–Crippen MR) is 51.4 cm³/mol. The SMILES string of the molecule is COC(CN)c1cnn(C(C)C)c1. The van der Waals surface area contributed by atoms with Crippen molar-refractivity contribution in [2.75, 3.05) is 13.7 Å².